The van der Waals surface area contributed by atoms with Gasteiger partial charge in [-0.3, -0.25) is 0 Å². The summed E-state index contributed by atoms with van der Waals surface area (Å²) < 4.78 is 0. The van der Waals surface area contributed by atoms with Crippen molar-refractivity contribution in [2.24, 2.45) is 0 Å². The Labute approximate surface area is 103 Å². The molecule has 0 nitrogen and oxygen atoms in total. The first-order valence-electron chi connectivity index (χ1n) is 6.49. The maximum absolute atomic E-state index is 2.29. The first kappa shape index (κ1) is 10.6. The predicted molar refractivity (Wildman–Crippen MR) is 72.1 cm³/mol. The molecule has 0 bridgehead atoms. The van der Waals surface area contributed by atoms with Gasteiger partial charge in [-0.15, -0.1) is 0 Å². The van der Waals surface area contributed by atoms with Gasteiger partial charge >= 0.3 is 0 Å². The summed E-state index contributed by atoms with van der Waals surface area (Å²) in [5.41, 5.74) is 3.41. The van der Waals surface area contributed by atoms with Crippen molar-refractivity contribution in [3.63, 3.8) is 0 Å². The van der Waals surface area contributed by atoms with Gasteiger partial charge in [-0.05, 0) is 35.8 Å². The van der Waals surface area contributed by atoms with E-state index in [2.05, 4.69) is 60.7 Å². The zero-order valence-corrected chi connectivity index (χ0v) is 10.1. The van der Waals surface area contributed by atoms with Gasteiger partial charge in [0.25, 0.3) is 0 Å². The molecule has 17 heavy (non-hydrogen) atoms. The molecule has 1 saturated carbocycles. The second kappa shape index (κ2) is 4.37. The summed E-state index contributed by atoms with van der Waals surface area (Å²) >= 11 is 0. The van der Waals surface area contributed by atoms with Crippen molar-refractivity contribution in [1.29, 1.82) is 0 Å². The first-order valence-corrected chi connectivity index (χ1v) is 6.49. The highest BCUT2D eigenvalue weighted by Gasteiger charge is 2.38. The molecule has 0 saturated heterocycles. The molecule has 0 unspecified atom stereocenters. The van der Waals surface area contributed by atoms with E-state index >= 15 is 0 Å². The van der Waals surface area contributed by atoms with E-state index in [0.29, 0.717) is 5.41 Å². The molecule has 0 heterocycles. The highest BCUT2D eigenvalue weighted by molar-refractivity contribution is 5.31. The van der Waals surface area contributed by atoms with Crippen molar-refractivity contribution in [2.75, 3.05) is 0 Å². The van der Waals surface area contributed by atoms with E-state index in [0.717, 1.165) is 0 Å². The molecule has 1 aliphatic rings. The standard InChI is InChI=1S/C17H18/c1-3-8-15(9-4-1)14-17(12-7-13-17)16-10-5-2-6-11-16/h1-6,8-11H,7,12-14H2. The average Bonchev–Trinajstić information content (AvgIpc) is 2.36. The minimum absolute atomic E-state index is 0.419. The topological polar surface area (TPSA) is 0 Å². The maximum atomic E-state index is 2.29. The van der Waals surface area contributed by atoms with Crippen molar-refractivity contribution in [3.05, 3.63) is 71.8 Å². The minimum Gasteiger partial charge on any atom is -0.0622 e. The van der Waals surface area contributed by atoms with Gasteiger partial charge in [0, 0.05) is 0 Å². The Morgan fingerprint density at radius 1 is 0.765 bits per heavy atom. The van der Waals surface area contributed by atoms with Gasteiger partial charge < -0.3 is 0 Å². The van der Waals surface area contributed by atoms with E-state index in [1.165, 1.54) is 36.8 Å². The third-order valence-electron chi connectivity index (χ3n) is 4.08. The molecular weight excluding hydrogens is 204 g/mol. The van der Waals surface area contributed by atoms with Gasteiger partial charge in [0.1, 0.15) is 0 Å². The molecule has 0 amide bonds. The summed E-state index contributed by atoms with van der Waals surface area (Å²) in [6, 6.07) is 21.9. The Hall–Kier alpha value is -1.56. The van der Waals surface area contributed by atoms with Crippen LogP contribution in [0, 0.1) is 0 Å². The fourth-order valence-electron chi connectivity index (χ4n) is 2.95. The lowest BCUT2D eigenvalue weighted by molar-refractivity contribution is 0.242. The fourth-order valence-corrected chi connectivity index (χ4v) is 2.95. The number of benzene rings is 2. The van der Waals surface area contributed by atoms with Crippen LogP contribution in [0.15, 0.2) is 60.7 Å². The molecule has 1 fully saturated rings. The zero-order valence-electron chi connectivity index (χ0n) is 10.1. The van der Waals surface area contributed by atoms with E-state index in [4.69, 9.17) is 0 Å². The quantitative estimate of drug-likeness (QED) is 0.724. The molecule has 0 spiro atoms. The summed E-state index contributed by atoms with van der Waals surface area (Å²) in [4.78, 5) is 0. The highest BCUT2D eigenvalue weighted by Crippen LogP contribution is 2.46. The first-order chi connectivity index (χ1) is 8.39. The molecule has 2 aromatic rings. The molecule has 0 aromatic heterocycles. The summed E-state index contributed by atoms with van der Waals surface area (Å²) in [5.74, 6) is 0. The van der Waals surface area contributed by atoms with E-state index in [1.54, 1.807) is 0 Å². The van der Waals surface area contributed by atoms with Crippen LogP contribution < -0.4 is 0 Å². The maximum Gasteiger partial charge on any atom is -0.000664 e. The van der Waals surface area contributed by atoms with Crippen LogP contribution in [0.2, 0.25) is 0 Å². The monoisotopic (exact) mass is 222 g/mol. The molecule has 0 atom stereocenters. The van der Waals surface area contributed by atoms with E-state index in [9.17, 15) is 0 Å². The molecule has 3 rings (SSSR count). The van der Waals surface area contributed by atoms with Crippen LogP contribution in [0.3, 0.4) is 0 Å². The van der Waals surface area contributed by atoms with Gasteiger partial charge in [-0.2, -0.15) is 0 Å². The second-order valence-electron chi connectivity index (χ2n) is 5.16. The van der Waals surface area contributed by atoms with Gasteiger partial charge in [0.05, 0.1) is 0 Å². The number of hydrogen-bond donors (Lipinski definition) is 0. The van der Waals surface area contributed by atoms with E-state index in [-0.39, 0.29) is 0 Å². The van der Waals surface area contributed by atoms with E-state index in [1.807, 2.05) is 0 Å². The smallest absolute Gasteiger partial charge is 0.000664 e. The second-order valence-corrected chi connectivity index (χ2v) is 5.16. The fraction of sp³-hybridized carbons (Fsp3) is 0.294. The van der Waals surface area contributed by atoms with Crippen molar-refractivity contribution < 1.29 is 0 Å². The summed E-state index contributed by atoms with van der Waals surface area (Å²) in [6.45, 7) is 0. The summed E-state index contributed by atoms with van der Waals surface area (Å²) in [7, 11) is 0. The molecule has 1 aliphatic carbocycles. The average molecular weight is 222 g/mol. The SMILES string of the molecule is c1ccc(CC2(c3ccccc3)CCC2)cc1. The van der Waals surface area contributed by atoms with Gasteiger partial charge in [-0.1, -0.05) is 67.1 Å². The van der Waals surface area contributed by atoms with Crippen LogP contribution in [-0.4, -0.2) is 0 Å². The normalized spacial score (nSPS) is 17.4. The Bertz CT molecular complexity index is 466. The molecule has 0 N–H and O–H groups in total. The minimum atomic E-state index is 0.419. The summed E-state index contributed by atoms with van der Waals surface area (Å²) in [5, 5.41) is 0. The predicted octanol–water partition coefficient (Wildman–Crippen LogP) is 4.35. The highest BCUT2D eigenvalue weighted by atomic mass is 14.4. The van der Waals surface area contributed by atoms with Crippen molar-refractivity contribution in [2.45, 2.75) is 31.1 Å². The molecule has 86 valence electrons. The van der Waals surface area contributed by atoms with Gasteiger partial charge in [-0.25, -0.2) is 0 Å². The van der Waals surface area contributed by atoms with Gasteiger partial charge in [0.15, 0.2) is 0 Å². The number of hydrogen-bond acceptors (Lipinski definition) is 0. The molecular formula is C17H18. The Kier molecular flexibility index (Phi) is 2.72. The van der Waals surface area contributed by atoms with Crippen molar-refractivity contribution in [3.8, 4) is 0 Å². The van der Waals surface area contributed by atoms with Crippen LogP contribution in [-0.2, 0) is 11.8 Å². The van der Waals surface area contributed by atoms with Crippen LogP contribution >= 0.6 is 0 Å². The van der Waals surface area contributed by atoms with Crippen LogP contribution in [0.5, 0.6) is 0 Å². The largest absolute Gasteiger partial charge is 0.0622 e. The Morgan fingerprint density at radius 2 is 1.35 bits per heavy atom. The van der Waals surface area contributed by atoms with Gasteiger partial charge in [0.2, 0.25) is 0 Å². The Morgan fingerprint density at radius 3 is 1.88 bits per heavy atom. The Balaban J connectivity index is 1.89. The third kappa shape index (κ3) is 2.00. The van der Waals surface area contributed by atoms with Crippen molar-refractivity contribution in [1.82, 2.24) is 0 Å². The third-order valence-corrected chi connectivity index (χ3v) is 4.08. The van der Waals surface area contributed by atoms with Crippen molar-refractivity contribution >= 4 is 0 Å². The van der Waals surface area contributed by atoms with Crippen LogP contribution in [0.1, 0.15) is 30.4 Å². The zero-order chi connectivity index (χ0) is 11.6. The lowest BCUT2D eigenvalue weighted by Crippen LogP contribution is -2.36. The molecule has 0 heteroatoms. The van der Waals surface area contributed by atoms with Crippen LogP contribution in [0.25, 0.3) is 0 Å². The van der Waals surface area contributed by atoms with Crippen LogP contribution in [0.4, 0.5) is 0 Å². The molecule has 0 aliphatic heterocycles. The number of rotatable bonds is 3. The van der Waals surface area contributed by atoms with E-state index < -0.39 is 0 Å². The molecule has 2 aromatic carbocycles. The lowest BCUT2D eigenvalue weighted by Gasteiger charge is -2.43. The lowest BCUT2D eigenvalue weighted by atomic mass is 9.61. The summed E-state index contributed by atoms with van der Waals surface area (Å²) in [6.07, 6.45) is 5.25. The molecule has 0 radical (unpaired) electrons.